The molecule has 1 aliphatic heterocycles. The minimum atomic E-state index is -0.164. The lowest BCUT2D eigenvalue weighted by molar-refractivity contribution is 0.219. The van der Waals surface area contributed by atoms with Gasteiger partial charge in [-0.3, -0.25) is 4.90 Å². The number of benzene rings is 2. The molecule has 128 valence electrons. The van der Waals surface area contributed by atoms with Crippen LogP contribution in [-0.2, 0) is 13.1 Å². The summed E-state index contributed by atoms with van der Waals surface area (Å²) in [6, 6.07) is 20.1. The first-order valence-electron chi connectivity index (χ1n) is 8.91. The van der Waals surface area contributed by atoms with Crippen molar-refractivity contribution in [3.63, 3.8) is 0 Å². The van der Waals surface area contributed by atoms with Gasteiger partial charge in [-0.15, -0.1) is 0 Å². The Morgan fingerprint density at radius 1 is 1.00 bits per heavy atom. The quantitative estimate of drug-likeness (QED) is 0.659. The number of aryl methyl sites for hydroxylation is 2. The molecule has 1 atom stereocenters. The Labute approximate surface area is 148 Å². The highest BCUT2D eigenvalue weighted by atomic mass is 19.1. The van der Waals surface area contributed by atoms with Crippen LogP contribution in [0.15, 0.2) is 66.9 Å². The third-order valence-corrected chi connectivity index (χ3v) is 5.11. The zero-order valence-corrected chi connectivity index (χ0v) is 14.5. The minimum Gasteiger partial charge on any atom is -0.350 e. The van der Waals surface area contributed by atoms with Crippen LogP contribution >= 0.6 is 0 Å². The molecule has 0 saturated carbocycles. The summed E-state index contributed by atoms with van der Waals surface area (Å²) in [5, 5.41) is 0. The summed E-state index contributed by atoms with van der Waals surface area (Å²) in [4.78, 5) is 2.48. The molecule has 0 N–H and O–H groups in total. The molecule has 0 aliphatic carbocycles. The molecule has 4 rings (SSSR count). The summed E-state index contributed by atoms with van der Waals surface area (Å²) < 4.78 is 16.0. The number of hydrogen-bond donors (Lipinski definition) is 0. The van der Waals surface area contributed by atoms with Gasteiger partial charge in [-0.2, -0.15) is 0 Å². The van der Waals surface area contributed by atoms with Crippen molar-refractivity contribution in [2.45, 2.75) is 32.5 Å². The van der Waals surface area contributed by atoms with Gasteiger partial charge >= 0.3 is 0 Å². The number of aromatic nitrogens is 1. The Morgan fingerprint density at radius 3 is 2.72 bits per heavy atom. The second-order valence-electron chi connectivity index (χ2n) is 6.84. The summed E-state index contributed by atoms with van der Waals surface area (Å²) in [6.07, 6.45) is 3.27. The normalized spacial score (nSPS) is 17.9. The Morgan fingerprint density at radius 2 is 1.88 bits per heavy atom. The second-order valence-corrected chi connectivity index (χ2v) is 6.84. The van der Waals surface area contributed by atoms with E-state index in [2.05, 4.69) is 59.0 Å². The lowest BCUT2D eigenvalue weighted by Crippen LogP contribution is -2.30. The second kappa shape index (κ2) is 6.85. The topological polar surface area (TPSA) is 8.17 Å². The molecular weight excluding hydrogens is 311 g/mol. The van der Waals surface area contributed by atoms with E-state index in [4.69, 9.17) is 0 Å². The summed E-state index contributed by atoms with van der Waals surface area (Å²) in [5.41, 5.74) is 4.98. The number of fused-ring (bicyclic) bond motifs is 1. The van der Waals surface area contributed by atoms with E-state index >= 15 is 0 Å². The first-order chi connectivity index (χ1) is 12.2. The first-order valence-corrected chi connectivity index (χ1v) is 8.91. The van der Waals surface area contributed by atoms with Crippen molar-refractivity contribution in [1.82, 2.24) is 9.47 Å². The van der Waals surface area contributed by atoms with Crippen LogP contribution in [0.1, 0.15) is 34.8 Å². The number of nitrogens with zero attached hydrogens (tertiary/aromatic N) is 2. The number of hydrogen-bond acceptors (Lipinski definition) is 1. The summed E-state index contributed by atoms with van der Waals surface area (Å²) >= 11 is 0. The van der Waals surface area contributed by atoms with E-state index in [0.717, 1.165) is 31.6 Å². The number of halogens is 1. The molecule has 3 heteroatoms. The van der Waals surface area contributed by atoms with Crippen molar-refractivity contribution in [2.24, 2.45) is 0 Å². The minimum absolute atomic E-state index is 0.164. The van der Waals surface area contributed by atoms with Crippen LogP contribution in [0.25, 0.3) is 0 Å². The summed E-state index contributed by atoms with van der Waals surface area (Å²) in [5.74, 6) is -0.164. The van der Waals surface area contributed by atoms with Gasteiger partial charge in [-0.25, -0.2) is 4.39 Å². The lowest BCUT2D eigenvalue weighted by atomic mass is 9.96. The van der Waals surface area contributed by atoms with Crippen molar-refractivity contribution in [3.8, 4) is 0 Å². The Balaban J connectivity index is 1.77. The molecule has 25 heavy (non-hydrogen) atoms. The van der Waals surface area contributed by atoms with E-state index < -0.39 is 0 Å². The van der Waals surface area contributed by atoms with Crippen LogP contribution in [0, 0.1) is 12.7 Å². The molecular formula is C22H23FN2. The molecule has 1 aromatic heterocycles. The third kappa shape index (κ3) is 3.24. The van der Waals surface area contributed by atoms with Gasteiger partial charge in [0.1, 0.15) is 5.82 Å². The fourth-order valence-electron chi connectivity index (χ4n) is 3.93. The molecule has 1 aliphatic rings. The standard InChI is InChI=1S/C22H23FN2/c1-17-7-2-3-10-20(17)22-21-11-5-12-24(21)13-6-14-25(22)16-18-8-4-9-19(23)15-18/h2-5,7-12,15,22H,6,13-14,16H2,1H3/t22-/m1/s1. The zero-order valence-electron chi connectivity index (χ0n) is 14.5. The Bertz CT molecular complexity index is 868. The van der Waals surface area contributed by atoms with E-state index in [9.17, 15) is 4.39 Å². The monoisotopic (exact) mass is 334 g/mol. The maximum absolute atomic E-state index is 13.7. The van der Waals surface area contributed by atoms with Crippen molar-refractivity contribution >= 4 is 0 Å². The van der Waals surface area contributed by atoms with Crippen LogP contribution in [0.4, 0.5) is 4.39 Å². The van der Waals surface area contributed by atoms with Crippen LogP contribution in [-0.4, -0.2) is 16.0 Å². The van der Waals surface area contributed by atoms with Crippen molar-refractivity contribution in [2.75, 3.05) is 6.54 Å². The van der Waals surface area contributed by atoms with Crippen LogP contribution in [0.3, 0.4) is 0 Å². The van der Waals surface area contributed by atoms with Gasteiger partial charge in [-0.05, 0) is 54.3 Å². The molecule has 0 radical (unpaired) electrons. The van der Waals surface area contributed by atoms with Crippen molar-refractivity contribution in [3.05, 3.63) is 95.1 Å². The van der Waals surface area contributed by atoms with E-state index in [-0.39, 0.29) is 11.9 Å². The predicted molar refractivity (Wildman–Crippen MR) is 98.9 cm³/mol. The highest BCUT2D eigenvalue weighted by Gasteiger charge is 2.28. The molecule has 0 amide bonds. The van der Waals surface area contributed by atoms with Crippen molar-refractivity contribution in [1.29, 1.82) is 0 Å². The van der Waals surface area contributed by atoms with Crippen LogP contribution in [0.2, 0.25) is 0 Å². The van der Waals surface area contributed by atoms with E-state index in [1.807, 2.05) is 6.07 Å². The fraction of sp³-hybridized carbons (Fsp3) is 0.273. The summed E-state index contributed by atoms with van der Waals surface area (Å²) in [6.45, 7) is 4.96. The molecule has 0 bridgehead atoms. The average Bonchev–Trinajstić information content (AvgIpc) is 2.98. The maximum atomic E-state index is 13.7. The van der Waals surface area contributed by atoms with Gasteiger partial charge in [0.15, 0.2) is 0 Å². The van der Waals surface area contributed by atoms with Gasteiger partial charge < -0.3 is 4.57 Å². The van der Waals surface area contributed by atoms with Gasteiger partial charge in [-0.1, -0.05) is 36.4 Å². The van der Waals surface area contributed by atoms with Gasteiger partial charge in [0.2, 0.25) is 0 Å². The zero-order chi connectivity index (χ0) is 17.2. The molecule has 0 fully saturated rings. The van der Waals surface area contributed by atoms with Gasteiger partial charge in [0.25, 0.3) is 0 Å². The largest absolute Gasteiger partial charge is 0.350 e. The van der Waals surface area contributed by atoms with Crippen LogP contribution < -0.4 is 0 Å². The molecule has 0 unspecified atom stereocenters. The molecule has 0 spiro atoms. The van der Waals surface area contributed by atoms with Crippen LogP contribution in [0.5, 0.6) is 0 Å². The third-order valence-electron chi connectivity index (χ3n) is 5.11. The fourth-order valence-corrected chi connectivity index (χ4v) is 3.93. The Kier molecular flexibility index (Phi) is 4.41. The lowest BCUT2D eigenvalue weighted by Gasteiger charge is -2.31. The summed E-state index contributed by atoms with van der Waals surface area (Å²) in [7, 11) is 0. The van der Waals surface area contributed by atoms with E-state index in [1.54, 1.807) is 12.1 Å². The van der Waals surface area contributed by atoms with E-state index in [0.29, 0.717) is 0 Å². The number of rotatable bonds is 3. The first kappa shape index (κ1) is 16.1. The molecule has 2 nitrogen and oxygen atoms in total. The molecule has 0 saturated heterocycles. The SMILES string of the molecule is Cc1ccccc1[C@@H]1c2cccn2CCCN1Cc1cccc(F)c1. The molecule has 2 heterocycles. The smallest absolute Gasteiger partial charge is 0.123 e. The Hall–Kier alpha value is -2.39. The average molecular weight is 334 g/mol. The highest BCUT2D eigenvalue weighted by Crippen LogP contribution is 2.34. The highest BCUT2D eigenvalue weighted by molar-refractivity contribution is 5.36. The van der Waals surface area contributed by atoms with Gasteiger partial charge in [0, 0.05) is 31.5 Å². The predicted octanol–water partition coefficient (Wildman–Crippen LogP) is 4.93. The van der Waals surface area contributed by atoms with Gasteiger partial charge in [0.05, 0.1) is 6.04 Å². The van der Waals surface area contributed by atoms with E-state index in [1.165, 1.54) is 22.9 Å². The van der Waals surface area contributed by atoms with Crippen molar-refractivity contribution < 1.29 is 4.39 Å². The maximum Gasteiger partial charge on any atom is 0.123 e. The molecule has 3 aromatic rings. The molecule has 2 aromatic carbocycles.